The molecule has 0 heterocycles. The van der Waals surface area contributed by atoms with Crippen LogP contribution in [0.1, 0.15) is 49.9 Å². The number of rotatable bonds is 2. The second-order valence-corrected chi connectivity index (χ2v) is 6.08. The first-order valence-corrected chi connectivity index (χ1v) is 6.67. The third-order valence-electron chi connectivity index (χ3n) is 3.87. The van der Waals surface area contributed by atoms with Crippen molar-refractivity contribution in [2.45, 2.75) is 45.6 Å². The normalized spacial score (nSPS) is 19.1. The van der Waals surface area contributed by atoms with Crippen LogP contribution in [0.3, 0.4) is 0 Å². The average Bonchev–Trinajstić information content (AvgIpc) is 2.31. The number of phenols is 1. The Morgan fingerprint density at radius 2 is 2.00 bits per heavy atom. The molecule has 2 N–H and O–H groups in total. The number of hydrogen-bond donors (Lipinski definition) is 2. The van der Waals surface area contributed by atoms with Gasteiger partial charge in [-0.15, -0.1) is 0 Å². The van der Waals surface area contributed by atoms with Gasteiger partial charge in [-0.1, -0.05) is 13.8 Å². The third-order valence-corrected chi connectivity index (χ3v) is 3.87. The largest absolute Gasteiger partial charge is 0.508 e. The molecule has 1 saturated carbocycles. The van der Waals surface area contributed by atoms with Crippen LogP contribution in [0.15, 0.2) is 18.2 Å². The first-order chi connectivity index (χ1) is 8.87. The van der Waals surface area contributed by atoms with Gasteiger partial charge in [0.05, 0.1) is 5.56 Å². The Balaban J connectivity index is 1.98. The zero-order chi connectivity index (χ0) is 14.0. The van der Waals surface area contributed by atoms with Crippen LogP contribution in [0.25, 0.3) is 0 Å². The number of carbonyl (C=O) groups excluding carboxylic acids is 1. The lowest BCUT2D eigenvalue weighted by Crippen LogP contribution is -2.39. The number of aromatic hydroxyl groups is 1. The molecule has 0 spiro atoms. The number of nitrogens with one attached hydrogen (secondary N) is 1. The van der Waals surface area contributed by atoms with Gasteiger partial charge in [-0.25, -0.2) is 4.39 Å². The zero-order valence-electron chi connectivity index (χ0n) is 11.4. The molecule has 0 radical (unpaired) electrons. The fourth-order valence-electron chi connectivity index (χ4n) is 2.49. The number of phenolic OH excluding ortho intramolecular Hbond substituents is 1. The van der Waals surface area contributed by atoms with Crippen molar-refractivity contribution >= 4 is 5.91 Å². The number of carbonyl (C=O) groups is 1. The molecular weight excluding hydrogens is 245 g/mol. The Hall–Kier alpha value is -1.58. The van der Waals surface area contributed by atoms with Crippen molar-refractivity contribution in [2.24, 2.45) is 5.41 Å². The van der Waals surface area contributed by atoms with Crippen molar-refractivity contribution in [3.05, 3.63) is 29.6 Å². The van der Waals surface area contributed by atoms with Crippen molar-refractivity contribution in [3.63, 3.8) is 0 Å². The van der Waals surface area contributed by atoms with E-state index < -0.39 is 11.7 Å². The molecule has 2 rings (SSSR count). The van der Waals surface area contributed by atoms with Crippen LogP contribution >= 0.6 is 0 Å². The van der Waals surface area contributed by atoms with Gasteiger partial charge in [0.25, 0.3) is 5.91 Å². The van der Waals surface area contributed by atoms with Gasteiger partial charge in [-0.05, 0) is 43.2 Å². The summed E-state index contributed by atoms with van der Waals surface area (Å²) in [5.41, 5.74) is 0.327. The van der Waals surface area contributed by atoms with Crippen LogP contribution in [0.2, 0.25) is 0 Å². The van der Waals surface area contributed by atoms with E-state index in [-0.39, 0.29) is 17.4 Å². The highest BCUT2D eigenvalue weighted by Gasteiger charge is 2.28. The highest BCUT2D eigenvalue weighted by Crippen LogP contribution is 2.35. The van der Waals surface area contributed by atoms with Gasteiger partial charge in [-0.3, -0.25) is 4.79 Å². The highest BCUT2D eigenvalue weighted by atomic mass is 19.1. The minimum Gasteiger partial charge on any atom is -0.508 e. The lowest BCUT2D eigenvalue weighted by Gasteiger charge is -2.34. The predicted octanol–water partition coefficient (Wildman–Crippen LogP) is 3.23. The number of amides is 1. The summed E-state index contributed by atoms with van der Waals surface area (Å²) in [6.07, 6.45) is 3.99. The first-order valence-electron chi connectivity index (χ1n) is 6.67. The molecule has 1 aromatic rings. The lowest BCUT2D eigenvalue weighted by atomic mass is 9.75. The molecule has 1 aliphatic rings. The molecule has 19 heavy (non-hydrogen) atoms. The Labute approximate surface area is 112 Å². The molecule has 4 heteroatoms. The van der Waals surface area contributed by atoms with Gasteiger partial charge in [-0.2, -0.15) is 0 Å². The maximum Gasteiger partial charge on any atom is 0.254 e. The molecule has 0 bridgehead atoms. The van der Waals surface area contributed by atoms with Gasteiger partial charge < -0.3 is 10.4 Å². The third kappa shape index (κ3) is 3.46. The van der Waals surface area contributed by atoms with Gasteiger partial charge in [0.15, 0.2) is 0 Å². The van der Waals surface area contributed by atoms with E-state index in [0.29, 0.717) is 5.41 Å². The van der Waals surface area contributed by atoms with E-state index >= 15 is 0 Å². The molecule has 0 atom stereocenters. The molecule has 0 aliphatic heterocycles. The van der Waals surface area contributed by atoms with Crippen molar-refractivity contribution in [1.29, 1.82) is 0 Å². The molecule has 0 aromatic heterocycles. The van der Waals surface area contributed by atoms with Gasteiger partial charge >= 0.3 is 0 Å². The van der Waals surface area contributed by atoms with Crippen LogP contribution in [-0.2, 0) is 0 Å². The standard InChI is InChI=1S/C15H20FNO2/c1-15(2)7-5-10(6-8-15)17-14(19)12-4-3-11(18)9-13(12)16/h3-4,9-10,18H,5-8H2,1-2H3,(H,17,19). The van der Waals surface area contributed by atoms with E-state index in [1.54, 1.807) is 0 Å². The summed E-state index contributed by atoms with van der Waals surface area (Å²) in [5.74, 6) is -1.26. The van der Waals surface area contributed by atoms with Crippen molar-refractivity contribution in [2.75, 3.05) is 0 Å². The van der Waals surface area contributed by atoms with E-state index in [1.165, 1.54) is 12.1 Å². The summed E-state index contributed by atoms with van der Waals surface area (Å²) < 4.78 is 13.6. The summed E-state index contributed by atoms with van der Waals surface area (Å²) in [5, 5.41) is 12.0. The minimum atomic E-state index is -0.686. The summed E-state index contributed by atoms with van der Waals surface area (Å²) in [4.78, 5) is 12.0. The second kappa shape index (κ2) is 5.19. The molecule has 1 amide bonds. The molecule has 1 aliphatic carbocycles. The predicted molar refractivity (Wildman–Crippen MR) is 71.6 cm³/mol. The quantitative estimate of drug-likeness (QED) is 0.862. The van der Waals surface area contributed by atoms with Crippen LogP contribution in [0, 0.1) is 11.2 Å². The molecule has 0 saturated heterocycles. The van der Waals surface area contributed by atoms with E-state index in [2.05, 4.69) is 19.2 Å². The van der Waals surface area contributed by atoms with Crippen molar-refractivity contribution < 1.29 is 14.3 Å². The number of benzene rings is 1. The summed E-state index contributed by atoms with van der Waals surface area (Å²) in [6, 6.07) is 3.71. The van der Waals surface area contributed by atoms with Crippen LogP contribution in [0.5, 0.6) is 5.75 Å². The monoisotopic (exact) mass is 265 g/mol. The molecule has 104 valence electrons. The maximum absolute atomic E-state index is 13.6. The number of halogens is 1. The smallest absolute Gasteiger partial charge is 0.254 e. The van der Waals surface area contributed by atoms with Crippen LogP contribution in [0.4, 0.5) is 4.39 Å². The minimum absolute atomic E-state index is 0.0115. The Bertz CT molecular complexity index is 475. The van der Waals surface area contributed by atoms with E-state index in [1.807, 2.05) is 0 Å². The molecular formula is C15H20FNO2. The fourth-order valence-corrected chi connectivity index (χ4v) is 2.49. The van der Waals surface area contributed by atoms with Gasteiger partial charge in [0.1, 0.15) is 11.6 Å². The van der Waals surface area contributed by atoms with E-state index in [0.717, 1.165) is 31.7 Å². The van der Waals surface area contributed by atoms with Gasteiger partial charge in [0, 0.05) is 12.1 Å². The van der Waals surface area contributed by atoms with E-state index in [4.69, 9.17) is 5.11 Å². The summed E-state index contributed by atoms with van der Waals surface area (Å²) in [7, 11) is 0. The molecule has 0 unspecified atom stereocenters. The zero-order valence-corrected chi connectivity index (χ0v) is 11.4. The summed E-state index contributed by atoms with van der Waals surface area (Å²) >= 11 is 0. The lowest BCUT2D eigenvalue weighted by molar-refractivity contribution is 0.0905. The van der Waals surface area contributed by atoms with E-state index in [9.17, 15) is 9.18 Å². The Kier molecular flexibility index (Phi) is 3.78. The van der Waals surface area contributed by atoms with Crippen molar-refractivity contribution in [3.8, 4) is 5.75 Å². The number of hydrogen-bond acceptors (Lipinski definition) is 2. The topological polar surface area (TPSA) is 49.3 Å². The summed E-state index contributed by atoms with van der Waals surface area (Å²) in [6.45, 7) is 4.45. The highest BCUT2D eigenvalue weighted by molar-refractivity contribution is 5.94. The first kappa shape index (κ1) is 13.8. The molecule has 1 aromatic carbocycles. The molecule has 3 nitrogen and oxygen atoms in total. The fraction of sp³-hybridized carbons (Fsp3) is 0.533. The average molecular weight is 265 g/mol. The van der Waals surface area contributed by atoms with Crippen LogP contribution in [-0.4, -0.2) is 17.1 Å². The van der Waals surface area contributed by atoms with Crippen LogP contribution < -0.4 is 5.32 Å². The Morgan fingerprint density at radius 1 is 1.37 bits per heavy atom. The second-order valence-electron chi connectivity index (χ2n) is 6.08. The SMILES string of the molecule is CC1(C)CCC(NC(=O)c2ccc(O)cc2F)CC1. The maximum atomic E-state index is 13.6. The van der Waals surface area contributed by atoms with Gasteiger partial charge in [0.2, 0.25) is 0 Å². The molecule has 1 fully saturated rings. The van der Waals surface area contributed by atoms with Crippen molar-refractivity contribution in [1.82, 2.24) is 5.32 Å². The Morgan fingerprint density at radius 3 is 2.58 bits per heavy atom.